The van der Waals surface area contributed by atoms with E-state index in [1.807, 2.05) is 0 Å². The van der Waals surface area contributed by atoms with Gasteiger partial charge in [0.15, 0.2) is 15.7 Å². The average Bonchev–Trinajstić information content (AvgIpc) is 3.67. The normalized spacial score (nSPS) is 18.1. The first-order valence-corrected chi connectivity index (χ1v) is 14.9. The first-order chi connectivity index (χ1) is 19.9. The molecule has 0 spiro atoms. The molecule has 0 aliphatic carbocycles. The maximum absolute atomic E-state index is 13.3. The Morgan fingerprint density at radius 1 is 1.12 bits per heavy atom. The van der Waals surface area contributed by atoms with E-state index in [0.717, 1.165) is 4.90 Å². The number of tetrazole rings is 1. The van der Waals surface area contributed by atoms with Crippen molar-refractivity contribution < 1.29 is 37.5 Å². The van der Waals surface area contributed by atoms with Crippen LogP contribution in [0.1, 0.15) is 45.4 Å². The number of amides is 4. The van der Waals surface area contributed by atoms with E-state index in [1.54, 1.807) is 32.0 Å². The number of nitrogens with one attached hydrogen (secondary N) is 4. The number of H-pyrrole nitrogens is 1. The number of aromatic amines is 1. The Bertz CT molecular complexity index is 1370. The molecule has 0 unspecified atom stereocenters. The highest BCUT2D eigenvalue weighted by molar-refractivity contribution is 7.92. The van der Waals surface area contributed by atoms with Crippen molar-refractivity contribution in [3.05, 3.63) is 36.2 Å². The molecule has 42 heavy (non-hydrogen) atoms. The van der Waals surface area contributed by atoms with Gasteiger partial charge in [-0.1, -0.05) is 43.7 Å². The molecule has 1 saturated heterocycles. The van der Waals surface area contributed by atoms with Gasteiger partial charge in [0.1, 0.15) is 12.1 Å². The molecular weight excluding hydrogens is 572 g/mol. The average molecular weight is 607 g/mol. The molecule has 2 aromatic rings. The van der Waals surface area contributed by atoms with E-state index in [1.165, 1.54) is 12.1 Å². The lowest BCUT2D eigenvalue weighted by Gasteiger charge is -2.26. The topological polar surface area (TPSA) is 234 Å². The van der Waals surface area contributed by atoms with E-state index < -0.39 is 69.7 Å². The van der Waals surface area contributed by atoms with Crippen molar-refractivity contribution in [2.75, 3.05) is 13.1 Å². The third kappa shape index (κ3) is 8.31. The summed E-state index contributed by atoms with van der Waals surface area (Å²) in [5.74, 6) is -3.95. The number of hydrogen-bond acceptors (Lipinski definition) is 10. The lowest BCUT2D eigenvalue weighted by atomic mass is 9.98. The molecule has 228 valence electrons. The molecule has 17 heteroatoms. The predicted molar refractivity (Wildman–Crippen MR) is 145 cm³/mol. The van der Waals surface area contributed by atoms with Crippen LogP contribution in [-0.4, -0.2) is 99.1 Å². The van der Waals surface area contributed by atoms with Gasteiger partial charge in [-0.05, 0) is 24.5 Å². The van der Waals surface area contributed by atoms with Gasteiger partial charge >= 0.3 is 5.97 Å². The van der Waals surface area contributed by atoms with Crippen LogP contribution in [0.25, 0.3) is 0 Å². The Hall–Kier alpha value is -4.41. The molecule has 0 radical (unpaired) electrons. The minimum absolute atomic E-state index is 0.0543. The molecule has 1 aliphatic heterocycles. The van der Waals surface area contributed by atoms with Crippen molar-refractivity contribution in [3.8, 4) is 0 Å². The van der Waals surface area contributed by atoms with Gasteiger partial charge < -0.3 is 26.0 Å². The SMILES string of the molecule is CC[C@H](C)[C@H](NC(=O)CCC(=O)O)C(=O)NCC(=O)N1C[C@H](S(=O)(=O)c2ccccc2)C[C@H]1C(=O)NCc1nn[nH]n1. The van der Waals surface area contributed by atoms with Crippen LogP contribution in [-0.2, 0) is 40.4 Å². The molecule has 0 bridgehead atoms. The Morgan fingerprint density at radius 2 is 1.83 bits per heavy atom. The van der Waals surface area contributed by atoms with Crippen LogP contribution in [0.3, 0.4) is 0 Å². The van der Waals surface area contributed by atoms with Gasteiger partial charge in [-0.3, -0.25) is 24.0 Å². The second-order valence-corrected chi connectivity index (χ2v) is 12.1. The summed E-state index contributed by atoms with van der Waals surface area (Å²) in [7, 11) is -3.90. The number of carboxylic acids is 1. The van der Waals surface area contributed by atoms with Gasteiger partial charge in [0.05, 0.1) is 29.7 Å². The van der Waals surface area contributed by atoms with Crippen molar-refractivity contribution in [2.45, 2.75) is 68.3 Å². The standard InChI is InChI=1S/C25H34N8O8S/c1-3-15(2)23(28-20(34)9-10-22(36)37)25(39)27-13-21(35)33-14-17(42(40,41)16-7-5-4-6-8-16)11-18(33)24(38)26-12-19-29-31-32-30-19/h4-8,15,17-18,23H,3,9-14H2,1-2H3,(H,26,38)(H,27,39)(H,28,34)(H,36,37)(H,29,30,31,32)/t15-,17+,18-,23-/m0/s1. The zero-order valence-electron chi connectivity index (χ0n) is 23.1. The van der Waals surface area contributed by atoms with Crippen molar-refractivity contribution in [2.24, 2.45) is 5.92 Å². The molecule has 5 N–H and O–H groups in total. The zero-order chi connectivity index (χ0) is 30.9. The maximum Gasteiger partial charge on any atom is 0.303 e. The molecule has 1 aliphatic rings. The lowest BCUT2D eigenvalue weighted by molar-refractivity contribution is -0.140. The number of carbonyl (C=O) groups is 5. The number of carbonyl (C=O) groups excluding carboxylic acids is 4. The van der Waals surface area contributed by atoms with Crippen LogP contribution in [0.5, 0.6) is 0 Å². The van der Waals surface area contributed by atoms with Crippen LogP contribution >= 0.6 is 0 Å². The molecule has 3 rings (SSSR count). The molecule has 4 amide bonds. The minimum Gasteiger partial charge on any atom is -0.481 e. The van der Waals surface area contributed by atoms with Crippen molar-refractivity contribution in [3.63, 3.8) is 0 Å². The largest absolute Gasteiger partial charge is 0.481 e. The number of rotatable bonds is 14. The Labute approximate surface area is 241 Å². The summed E-state index contributed by atoms with van der Waals surface area (Å²) >= 11 is 0. The van der Waals surface area contributed by atoms with Crippen LogP contribution in [0.4, 0.5) is 0 Å². The lowest BCUT2D eigenvalue weighted by Crippen LogP contribution is -2.53. The van der Waals surface area contributed by atoms with Crippen LogP contribution in [0.15, 0.2) is 35.2 Å². The van der Waals surface area contributed by atoms with E-state index in [0.29, 0.717) is 6.42 Å². The molecular formula is C25H34N8O8S. The number of aromatic nitrogens is 4. The summed E-state index contributed by atoms with van der Waals surface area (Å²) in [6.07, 6.45) is -0.402. The van der Waals surface area contributed by atoms with E-state index >= 15 is 0 Å². The Morgan fingerprint density at radius 3 is 2.45 bits per heavy atom. The van der Waals surface area contributed by atoms with Crippen LogP contribution < -0.4 is 16.0 Å². The zero-order valence-corrected chi connectivity index (χ0v) is 24.0. The van der Waals surface area contributed by atoms with Gasteiger partial charge in [-0.15, -0.1) is 10.2 Å². The van der Waals surface area contributed by atoms with Gasteiger partial charge in [-0.25, -0.2) is 8.42 Å². The van der Waals surface area contributed by atoms with E-state index in [-0.39, 0.29) is 42.6 Å². The Balaban J connectivity index is 1.73. The third-order valence-corrected chi connectivity index (χ3v) is 9.15. The summed E-state index contributed by atoms with van der Waals surface area (Å²) in [6, 6.07) is 5.49. The highest BCUT2D eigenvalue weighted by atomic mass is 32.2. The van der Waals surface area contributed by atoms with Crippen LogP contribution in [0.2, 0.25) is 0 Å². The maximum atomic E-state index is 13.3. The number of nitrogens with zero attached hydrogens (tertiary/aromatic N) is 4. The Kier molecular flexibility index (Phi) is 11.1. The minimum atomic E-state index is -3.90. The molecule has 2 heterocycles. The smallest absolute Gasteiger partial charge is 0.303 e. The summed E-state index contributed by atoms with van der Waals surface area (Å²) in [4.78, 5) is 63.5. The van der Waals surface area contributed by atoms with E-state index in [2.05, 4.69) is 36.6 Å². The number of carboxylic acid groups (broad SMARTS) is 1. The van der Waals surface area contributed by atoms with Gasteiger partial charge in [0.2, 0.25) is 23.6 Å². The number of benzene rings is 1. The number of likely N-dealkylation sites (tertiary alicyclic amines) is 1. The fourth-order valence-corrected chi connectivity index (χ4v) is 6.15. The van der Waals surface area contributed by atoms with Gasteiger partial charge in [0.25, 0.3) is 0 Å². The fraction of sp³-hybridized carbons (Fsp3) is 0.520. The first-order valence-electron chi connectivity index (χ1n) is 13.3. The number of hydrogen-bond donors (Lipinski definition) is 5. The van der Waals surface area contributed by atoms with Gasteiger partial charge in [0, 0.05) is 13.0 Å². The molecule has 0 saturated carbocycles. The summed E-state index contributed by atoms with van der Waals surface area (Å²) in [5, 5.41) is 28.4. The number of sulfone groups is 1. The molecule has 1 fully saturated rings. The van der Waals surface area contributed by atoms with Crippen molar-refractivity contribution in [1.82, 2.24) is 41.5 Å². The molecule has 4 atom stereocenters. The summed E-state index contributed by atoms with van der Waals surface area (Å²) in [6.45, 7) is 2.55. The summed E-state index contributed by atoms with van der Waals surface area (Å²) < 4.78 is 26.7. The van der Waals surface area contributed by atoms with E-state index in [4.69, 9.17) is 5.11 Å². The second-order valence-electron chi connectivity index (χ2n) is 9.87. The van der Waals surface area contributed by atoms with Crippen molar-refractivity contribution >= 4 is 39.4 Å². The van der Waals surface area contributed by atoms with Crippen LogP contribution in [0, 0.1) is 5.92 Å². The molecule has 1 aromatic carbocycles. The van der Waals surface area contributed by atoms with E-state index in [9.17, 15) is 32.4 Å². The number of aliphatic carboxylic acids is 1. The second kappa shape index (κ2) is 14.5. The van der Waals surface area contributed by atoms with Crippen molar-refractivity contribution in [1.29, 1.82) is 0 Å². The highest BCUT2D eigenvalue weighted by Crippen LogP contribution is 2.28. The first kappa shape index (κ1) is 32.1. The summed E-state index contributed by atoms with van der Waals surface area (Å²) in [5.41, 5.74) is 0. The molecule has 1 aromatic heterocycles. The molecule has 16 nitrogen and oxygen atoms in total. The highest BCUT2D eigenvalue weighted by Gasteiger charge is 2.45. The quantitative estimate of drug-likeness (QED) is 0.171. The third-order valence-electron chi connectivity index (χ3n) is 7.00. The predicted octanol–water partition coefficient (Wildman–Crippen LogP) is -1.23. The monoisotopic (exact) mass is 606 g/mol. The fourth-order valence-electron chi connectivity index (χ4n) is 4.43. The van der Waals surface area contributed by atoms with Gasteiger partial charge in [-0.2, -0.15) is 5.21 Å².